The van der Waals surface area contributed by atoms with Gasteiger partial charge in [-0.15, -0.1) is 0 Å². The Balaban J connectivity index is 3.54. The Kier molecular flexibility index (Phi) is 6.19. The minimum atomic E-state index is -1.43. The van der Waals surface area contributed by atoms with Crippen LogP contribution in [-0.2, 0) is 28.6 Å². The van der Waals surface area contributed by atoms with Crippen LogP contribution < -0.4 is 0 Å². The number of hydrogen-bond donors (Lipinski definition) is 0. The molecule has 1 aromatic rings. The highest BCUT2D eigenvalue weighted by molar-refractivity contribution is 6.35. The van der Waals surface area contributed by atoms with Gasteiger partial charge in [0.15, 0.2) is 0 Å². The van der Waals surface area contributed by atoms with Crippen molar-refractivity contribution in [1.29, 1.82) is 0 Å². The van der Waals surface area contributed by atoms with Crippen molar-refractivity contribution in [3.8, 4) is 0 Å². The van der Waals surface area contributed by atoms with Gasteiger partial charge in [-0.05, 0) is 12.1 Å². The van der Waals surface area contributed by atoms with Crippen molar-refractivity contribution in [3.63, 3.8) is 0 Å². The van der Waals surface area contributed by atoms with Crippen LogP contribution in [0.5, 0.6) is 0 Å². The molecule has 0 aromatic carbocycles. The molecule has 1 atom stereocenters. The maximum absolute atomic E-state index is 12.1. The molecule has 0 aliphatic heterocycles. The van der Waals surface area contributed by atoms with Crippen LogP contribution in [0.15, 0.2) is 12.1 Å². The van der Waals surface area contributed by atoms with Crippen molar-refractivity contribution in [2.45, 2.75) is 12.5 Å². The quantitative estimate of drug-likeness (QED) is 0.296. The van der Waals surface area contributed by atoms with Crippen molar-refractivity contribution in [2.75, 3.05) is 21.3 Å². The second kappa shape index (κ2) is 7.87. The first-order valence-electron chi connectivity index (χ1n) is 6.36. The van der Waals surface area contributed by atoms with Crippen molar-refractivity contribution >= 4 is 30.0 Å². The third-order valence-electron chi connectivity index (χ3n) is 3.03. The van der Waals surface area contributed by atoms with Crippen LogP contribution >= 0.6 is 0 Å². The first-order chi connectivity index (χ1) is 10.9. The summed E-state index contributed by atoms with van der Waals surface area (Å²) in [6, 6.07) is 1.01. The molecule has 0 aliphatic carbocycles. The first kappa shape index (κ1) is 18.1. The largest absolute Gasteiger partial charge is 0.464 e. The van der Waals surface area contributed by atoms with Gasteiger partial charge in [0.25, 0.3) is 5.78 Å². The highest BCUT2D eigenvalue weighted by atomic mass is 16.5. The Morgan fingerprint density at radius 2 is 1.48 bits per heavy atom. The summed E-state index contributed by atoms with van der Waals surface area (Å²) >= 11 is 0. The summed E-state index contributed by atoms with van der Waals surface area (Å²) in [5.41, 5.74) is -0.367. The zero-order valence-corrected chi connectivity index (χ0v) is 12.7. The summed E-state index contributed by atoms with van der Waals surface area (Å²) in [5, 5.41) is 0. The van der Waals surface area contributed by atoms with E-state index in [0.29, 0.717) is 6.29 Å². The molecule has 1 rings (SSSR count). The second-order valence-corrected chi connectivity index (χ2v) is 4.23. The molecule has 0 radical (unpaired) electrons. The van der Waals surface area contributed by atoms with Gasteiger partial charge in [0.05, 0.1) is 21.3 Å². The van der Waals surface area contributed by atoms with Gasteiger partial charge in [0, 0.05) is 6.42 Å². The number of rotatable bonds is 7. The van der Waals surface area contributed by atoms with E-state index in [9.17, 15) is 24.0 Å². The van der Waals surface area contributed by atoms with Crippen molar-refractivity contribution in [1.82, 2.24) is 4.57 Å². The summed E-state index contributed by atoms with van der Waals surface area (Å²) in [7, 11) is 3.21. The predicted molar refractivity (Wildman–Crippen MR) is 73.9 cm³/mol. The molecule has 9 nitrogen and oxygen atoms in total. The average molecular weight is 325 g/mol. The van der Waals surface area contributed by atoms with E-state index in [-0.39, 0.29) is 11.4 Å². The molecular formula is C14H15NO8. The first-order valence-corrected chi connectivity index (χ1v) is 6.36. The van der Waals surface area contributed by atoms with E-state index in [1.54, 1.807) is 0 Å². The molecular weight excluding hydrogens is 310 g/mol. The molecule has 1 unspecified atom stereocenters. The van der Waals surface area contributed by atoms with E-state index in [1.165, 1.54) is 12.1 Å². The topological polar surface area (TPSA) is 118 Å². The highest BCUT2D eigenvalue weighted by Crippen LogP contribution is 2.22. The van der Waals surface area contributed by atoms with Gasteiger partial charge in [0.2, 0.25) is 0 Å². The van der Waals surface area contributed by atoms with E-state index in [1.807, 2.05) is 0 Å². The Morgan fingerprint density at radius 1 is 1.00 bits per heavy atom. The van der Waals surface area contributed by atoms with E-state index < -0.39 is 36.2 Å². The van der Waals surface area contributed by atoms with Crippen LogP contribution in [-0.4, -0.2) is 55.9 Å². The average Bonchev–Trinajstić information content (AvgIpc) is 3.01. The molecule has 0 aliphatic rings. The predicted octanol–water partition coefficient (Wildman–Crippen LogP) is -0.0665. The standard InChI is InChI=1S/C14H15NO8/c1-21-12(18)9-4-5-10(13(19)22-2)15(9)8(6-7-16)11(17)14(20)23-3/h4-5,7-8H,6H2,1-3H3. The van der Waals surface area contributed by atoms with Crippen LogP contribution in [0.1, 0.15) is 33.4 Å². The van der Waals surface area contributed by atoms with E-state index in [4.69, 9.17) is 0 Å². The van der Waals surface area contributed by atoms with Gasteiger partial charge >= 0.3 is 17.9 Å². The zero-order chi connectivity index (χ0) is 17.6. The maximum atomic E-state index is 12.1. The van der Waals surface area contributed by atoms with Gasteiger partial charge in [-0.25, -0.2) is 14.4 Å². The fraction of sp³-hybridized carbons (Fsp3) is 0.357. The maximum Gasteiger partial charge on any atom is 0.376 e. The molecule has 0 spiro atoms. The summed E-state index contributed by atoms with van der Waals surface area (Å²) in [6.45, 7) is 0. The number of nitrogens with zero attached hydrogens (tertiary/aromatic N) is 1. The van der Waals surface area contributed by atoms with Crippen LogP contribution in [0.25, 0.3) is 0 Å². The molecule has 0 fully saturated rings. The Morgan fingerprint density at radius 3 is 1.83 bits per heavy atom. The third-order valence-corrected chi connectivity index (χ3v) is 3.03. The number of ether oxygens (including phenoxy) is 3. The van der Waals surface area contributed by atoms with E-state index >= 15 is 0 Å². The van der Waals surface area contributed by atoms with Crippen LogP contribution in [0.3, 0.4) is 0 Å². The number of carbonyl (C=O) groups excluding carboxylic acids is 5. The highest BCUT2D eigenvalue weighted by Gasteiger charge is 2.33. The normalized spacial score (nSPS) is 11.3. The van der Waals surface area contributed by atoms with Crippen molar-refractivity contribution in [2.24, 2.45) is 0 Å². The Bertz CT molecular complexity index is 612. The Hall–Kier alpha value is -2.97. The SMILES string of the molecule is COC(=O)C(=O)C(CC=O)n1c(C(=O)OC)ccc1C(=O)OC. The molecule has 9 heteroatoms. The lowest BCUT2D eigenvalue weighted by molar-refractivity contribution is -0.153. The third kappa shape index (κ3) is 3.62. The lowest BCUT2D eigenvalue weighted by atomic mass is 10.1. The lowest BCUT2D eigenvalue weighted by Crippen LogP contribution is -2.32. The summed E-state index contributed by atoms with van der Waals surface area (Å²) < 4.78 is 14.4. The zero-order valence-electron chi connectivity index (χ0n) is 12.7. The number of Topliss-reactive ketones (excluding diaryl/α,β-unsaturated/α-hetero) is 1. The van der Waals surface area contributed by atoms with Crippen LogP contribution in [0.2, 0.25) is 0 Å². The minimum Gasteiger partial charge on any atom is -0.464 e. The fourth-order valence-corrected chi connectivity index (χ4v) is 1.98. The van der Waals surface area contributed by atoms with Gasteiger partial charge in [-0.1, -0.05) is 0 Å². The smallest absolute Gasteiger partial charge is 0.376 e. The number of ketones is 1. The Labute approximate surface area is 131 Å². The van der Waals surface area contributed by atoms with Gasteiger partial charge < -0.3 is 23.6 Å². The summed E-state index contributed by atoms with van der Waals surface area (Å²) in [6.07, 6.45) is -0.0653. The van der Waals surface area contributed by atoms with Crippen LogP contribution in [0.4, 0.5) is 0 Å². The number of methoxy groups -OCH3 is 3. The second-order valence-electron chi connectivity index (χ2n) is 4.23. The van der Waals surface area contributed by atoms with Crippen molar-refractivity contribution < 1.29 is 38.2 Å². The summed E-state index contributed by atoms with van der Waals surface area (Å²) in [4.78, 5) is 58.1. The van der Waals surface area contributed by atoms with Gasteiger partial charge in [-0.2, -0.15) is 0 Å². The number of hydrogen-bond acceptors (Lipinski definition) is 8. The van der Waals surface area contributed by atoms with Crippen molar-refractivity contribution in [3.05, 3.63) is 23.5 Å². The summed E-state index contributed by atoms with van der Waals surface area (Å²) in [5.74, 6) is -4.01. The van der Waals surface area contributed by atoms with Gasteiger partial charge in [-0.3, -0.25) is 4.79 Å². The number of esters is 3. The van der Waals surface area contributed by atoms with E-state index in [0.717, 1.165) is 25.9 Å². The van der Waals surface area contributed by atoms with Gasteiger partial charge in [0.1, 0.15) is 23.7 Å². The molecule has 0 saturated carbocycles. The molecule has 0 saturated heterocycles. The molecule has 0 bridgehead atoms. The van der Waals surface area contributed by atoms with Crippen LogP contribution in [0, 0.1) is 0 Å². The van der Waals surface area contributed by atoms with E-state index in [2.05, 4.69) is 14.2 Å². The molecule has 1 heterocycles. The lowest BCUT2D eigenvalue weighted by Gasteiger charge is -2.19. The number of carbonyl (C=O) groups is 5. The fourth-order valence-electron chi connectivity index (χ4n) is 1.98. The molecule has 1 aromatic heterocycles. The molecule has 23 heavy (non-hydrogen) atoms. The molecule has 124 valence electrons. The number of aldehydes is 1. The molecule has 0 amide bonds. The molecule has 0 N–H and O–H groups in total. The minimum absolute atomic E-state index is 0.183. The monoisotopic (exact) mass is 325 g/mol. The number of aromatic nitrogens is 1.